The number of rotatable bonds is 1. The predicted molar refractivity (Wildman–Crippen MR) is 145 cm³/mol. The molecule has 3 heteroatoms. The lowest BCUT2D eigenvalue weighted by atomic mass is 9.33. The van der Waals surface area contributed by atoms with Crippen LogP contribution >= 0.6 is 11.8 Å². The molecule has 0 spiro atoms. The molecule has 0 fully saturated rings. The minimum atomic E-state index is -1.47. The van der Waals surface area contributed by atoms with Gasteiger partial charge in [0.15, 0.2) is 0 Å². The van der Waals surface area contributed by atoms with Crippen LogP contribution in [0.2, 0.25) is 19.6 Å². The van der Waals surface area contributed by atoms with Crippen LogP contribution in [0.1, 0.15) is 0 Å². The van der Waals surface area contributed by atoms with E-state index in [2.05, 4.69) is 105 Å². The van der Waals surface area contributed by atoms with Gasteiger partial charge in [0.1, 0.15) is 0 Å². The van der Waals surface area contributed by atoms with Crippen molar-refractivity contribution in [3.8, 4) is 11.1 Å². The number of hydrogen-bond donors (Lipinski definition) is 0. The summed E-state index contributed by atoms with van der Waals surface area (Å²) in [6.07, 6.45) is 0. The molecule has 2 aliphatic heterocycles. The zero-order chi connectivity index (χ0) is 21.6. The Morgan fingerprint density at radius 1 is 0.656 bits per heavy atom. The van der Waals surface area contributed by atoms with Crippen molar-refractivity contribution in [1.82, 2.24) is 0 Å². The van der Waals surface area contributed by atoms with Crippen LogP contribution < -0.4 is 21.6 Å². The van der Waals surface area contributed by atoms with Crippen LogP contribution in [0.25, 0.3) is 32.7 Å². The highest BCUT2D eigenvalue weighted by molar-refractivity contribution is 8.00. The highest BCUT2D eigenvalue weighted by Gasteiger charge is 2.39. The third-order valence-corrected chi connectivity index (χ3v) is 10.6. The van der Waals surface area contributed by atoms with Crippen molar-refractivity contribution in [2.24, 2.45) is 0 Å². The average Bonchev–Trinajstić information content (AvgIpc) is 2.80. The van der Waals surface area contributed by atoms with Crippen molar-refractivity contribution in [3.05, 3.63) is 84.9 Å². The van der Waals surface area contributed by atoms with Gasteiger partial charge >= 0.3 is 0 Å². The fourth-order valence-electron chi connectivity index (χ4n) is 5.91. The van der Waals surface area contributed by atoms with Gasteiger partial charge in [-0.05, 0) is 44.2 Å². The molecule has 0 unspecified atom stereocenters. The predicted octanol–water partition coefficient (Wildman–Crippen LogP) is 5.50. The molecule has 0 saturated carbocycles. The maximum atomic E-state index is 2.46. The second-order valence-electron chi connectivity index (χ2n) is 10.1. The van der Waals surface area contributed by atoms with Gasteiger partial charge in [0.25, 0.3) is 0 Å². The maximum Gasteiger partial charge on any atom is 0.245 e. The van der Waals surface area contributed by atoms with E-state index in [0.29, 0.717) is 6.71 Å². The Bertz CT molecular complexity index is 1600. The zero-order valence-corrected chi connectivity index (χ0v) is 20.4. The highest BCUT2D eigenvalue weighted by Crippen LogP contribution is 2.40. The average molecular weight is 442 g/mol. The van der Waals surface area contributed by atoms with Crippen molar-refractivity contribution in [3.63, 3.8) is 0 Å². The Kier molecular flexibility index (Phi) is 3.76. The van der Waals surface area contributed by atoms with Crippen LogP contribution in [-0.2, 0) is 0 Å². The summed E-state index contributed by atoms with van der Waals surface area (Å²) >= 11 is 1.96. The first-order valence-corrected chi connectivity index (χ1v) is 15.7. The monoisotopic (exact) mass is 442 g/mol. The van der Waals surface area contributed by atoms with Gasteiger partial charge in [-0.2, -0.15) is 0 Å². The van der Waals surface area contributed by atoms with Crippen molar-refractivity contribution in [1.29, 1.82) is 0 Å². The summed E-state index contributed by atoms with van der Waals surface area (Å²) < 4.78 is 0. The summed E-state index contributed by atoms with van der Waals surface area (Å²) in [5.41, 5.74) is 7.28. The molecule has 0 amide bonds. The summed E-state index contributed by atoms with van der Waals surface area (Å²) in [6.45, 7) is 7.69. The van der Waals surface area contributed by atoms with Crippen molar-refractivity contribution in [2.75, 3.05) is 0 Å². The first-order valence-electron chi connectivity index (χ1n) is 11.4. The Morgan fingerprint density at radius 2 is 1.47 bits per heavy atom. The normalized spacial score (nSPS) is 13.9. The van der Waals surface area contributed by atoms with E-state index >= 15 is 0 Å². The Labute approximate surface area is 194 Å². The summed E-state index contributed by atoms with van der Waals surface area (Å²) in [5, 5.41) is 7.22. The Hall–Kier alpha value is -2.75. The van der Waals surface area contributed by atoms with Crippen molar-refractivity contribution < 1.29 is 0 Å². The molecule has 0 N–H and O–H groups in total. The molecule has 7 rings (SSSR count). The largest absolute Gasteiger partial charge is 0.245 e. The van der Waals surface area contributed by atoms with Gasteiger partial charge in [0, 0.05) is 9.79 Å². The van der Waals surface area contributed by atoms with E-state index in [1.165, 1.54) is 58.9 Å². The molecule has 32 heavy (non-hydrogen) atoms. The number of fused-ring (bicyclic) bond motifs is 6. The topological polar surface area (TPSA) is 0 Å². The van der Waals surface area contributed by atoms with E-state index in [9.17, 15) is 0 Å². The van der Waals surface area contributed by atoms with E-state index in [0.717, 1.165) is 0 Å². The van der Waals surface area contributed by atoms with E-state index in [1.807, 2.05) is 11.8 Å². The molecule has 0 nitrogen and oxygen atoms in total. The summed E-state index contributed by atoms with van der Waals surface area (Å²) in [4.78, 5) is 2.84. The van der Waals surface area contributed by atoms with E-state index in [4.69, 9.17) is 0 Å². The van der Waals surface area contributed by atoms with Gasteiger partial charge in [-0.3, -0.25) is 0 Å². The summed E-state index contributed by atoms with van der Waals surface area (Å²) in [5.74, 6) is 0. The van der Waals surface area contributed by atoms with Crippen molar-refractivity contribution in [2.45, 2.75) is 29.4 Å². The van der Waals surface area contributed by atoms with Gasteiger partial charge in [-0.1, -0.05) is 126 Å². The smallest absolute Gasteiger partial charge is 0.0905 e. The molecule has 2 heterocycles. The summed E-state index contributed by atoms with van der Waals surface area (Å²) in [7, 11) is -1.47. The molecule has 0 radical (unpaired) electrons. The minimum absolute atomic E-state index is 0.301. The Morgan fingerprint density at radius 3 is 2.34 bits per heavy atom. The van der Waals surface area contributed by atoms with Gasteiger partial charge in [0.05, 0.1) is 8.07 Å². The fraction of sp³-hybridized carbons (Fsp3) is 0.103. The first-order chi connectivity index (χ1) is 15.5. The molecule has 5 aromatic carbocycles. The molecule has 0 saturated heterocycles. The lowest BCUT2D eigenvalue weighted by molar-refractivity contribution is 1.46. The first kappa shape index (κ1) is 18.8. The molecule has 5 aromatic rings. The molecule has 0 atom stereocenters. The lowest BCUT2D eigenvalue weighted by Crippen LogP contribution is -2.58. The van der Waals surface area contributed by atoms with Gasteiger partial charge in [-0.15, -0.1) is 0 Å². The van der Waals surface area contributed by atoms with Crippen LogP contribution in [0, 0.1) is 0 Å². The minimum Gasteiger partial charge on any atom is -0.0905 e. The van der Waals surface area contributed by atoms with E-state index < -0.39 is 8.07 Å². The number of hydrogen-bond acceptors (Lipinski definition) is 1. The van der Waals surface area contributed by atoms with Crippen LogP contribution in [0.15, 0.2) is 94.7 Å². The van der Waals surface area contributed by atoms with Crippen molar-refractivity contribution >= 4 is 69.7 Å². The highest BCUT2D eigenvalue weighted by atomic mass is 32.2. The lowest BCUT2D eigenvalue weighted by Gasteiger charge is -2.34. The molecule has 0 bridgehead atoms. The van der Waals surface area contributed by atoms with Gasteiger partial charge < -0.3 is 0 Å². The number of benzene rings is 5. The fourth-order valence-corrected chi connectivity index (χ4v) is 8.81. The Balaban J connectivity index is 1.64. The van der Waals surface area contributed by atoms with Crippen LogP contribution in [0.3, 0.4) is 0 Å². The SMILES string of the molecule is C[Si](C)(C)c1ccc2c3c(cccc13)B1c3ccc4ccccc4c3Sc3cccc-2c31. The van der Waals surface area contributed by atoms with Crippen LogP contribution in [0.4, 0.5) is 0 Å². The third kappa shape index (κ3) is 2.41. The quantitative estimate of drug-likeness (QED) is 0.303. The van der Waals surface area contributed by atoms with Gasteiger partial charge in [-0.25, -0.2) is 0 Å². The molecule has 152 valence electrons. The molecule has 0 aliphatic carbocycles. The zero-order valence-electron chi connectivity index (χ0n) is 18.6. The molecular weight excluding hydrogens is 419 g/mol. The van der Waals surface area contributed by atoms with Gasteiger partial charge in [0.2, 0.25) is 6.71 Å². The molecule has 0 aromatic heterocycles. The molecule has 2 aliphatic rings. The second-order valence-corrected chi connectivity index (χ2v) is 16.2. The summed E-state index contributed by atoms with van der Waals surface area (Å²) in [6, 6.07) is 32.3. The van der Waals surface area contributed by atoms with Crippen LogP contribution in [-0.4, -0.2) is 14.8 Å². The van der Waals surface area contributed by atoms with E-state index in [-0.39, 0.29) is 0 Å². The maximum absolute atomic E-state index is 2.46. The molecular formula is C29H23BSSi. The third-order valence-electron chi connectivity index (χ3n) is 7.27. The standard InChI is InChI=1S/C29H23BSSi/c1-32(2,3)26-17-15-20-21-10-7-13-25-28(21)30(23-12-6-11-22(26)27(20)23)24-16-14-18-8-4-5-9-19(18)29(24)31-25/h4-17H,1-3H3. The van der Waals surface area contributed by atoms with Crippen LogP contribution in [0.5, 0.6) is 0 Å². The van der Waals surface area contributed by atoms with E-state index in [1.54, 1.807) is 5.19 Å². The second kappa shape index (κ2) is 6.40.